The number of hydrogen-bond acceptors (Lipinski definition) is 5. The van der Waals surface area contributed by atoms with Gasteiger partial charge in [0, 0.05) is 16.9 Å². The van der Waals surface area contributed by atoms with Gasteiger partial charge in [-0.25, -0.2) is 4.39 Å². The van der Waals surface area contributed by atoms with Crippen molar-refractivity contribution in [3.05, 3.63) is 46.7 Å². The maximum absolute atomic E-state index is 13.3. The normalized spacial score (nSPS) is 10.8. The molecule has 0 spiro atoms. The number of rotatable bonds is 2. The van der Waals surface area contributed by atoms with E-state index in [0.29, 0.717) is 32.9 Å². The predicted molar refractivity (Wildman–Crippen MR) is 81.1 cm³/mol. The van der Waals surface area contributed by atoms with Gasteiger partial charge < -0.3 is 11.5 Å². The van der Waals surface area contributed by atoms with E-state index in [2.05, 4.69) is 31.5 Å². The van der Waals surface area contributed by atoms with Crippen molar-refractivity contribution in [3.8, 4) is 17.1 Å². The summed E-state index contributed by atoms with van der Waals surface area (Å²) in [6.07, 6.45) is 0. The van der Waals surface area contributed by atoms with E-state index in [4.69, 9.17) is 11.5 Å². The molecule has 2 aromatic carbocycles. The van der Waals surface area contributed by atoms with Gasteiger partial charge in [0.2, 0.25) is 0 Å². The molecule has 0 aliphatic rings. The van der Waals surface area contributed by atoms with Gasteiger partial charge in [0.25, 0.3) is 0 Å². The lowest BCUT2D eigenvalue weighted by atomic mass is 10.1. The second-order valence-electron chi connectivity index (χ2n) is 4.40. The second kappa shape index (κ2) is 5.13. The quantitative estimate of drug-likeness (QED) is 0.693. The SMILES string of the molecule is Nc1cc(N)cc(-c2nnnn2-c2ccc(F)c(Br)c2)c1. The molecule has 0 saturated heterocycles. The Kier molecular flexibility index (Phi) is 3.30. The highest BCUT2D eigenvalue weighted by Crippen LogP contribution is 2.26. The fourth-order valence-electron chi connectivity index (χ4n) is 1.96. The van der Waals surface area contributed by atoms with Crippen molar-refractivity contribution in [2.75, 3.05) is 11.5 Å². The molecule has 3 aromatic rings. The maximum Gasteiger partial charge on any atom is 0.187 e. The summed E-state index contributed by atoms with van der Waals surface area (Å²) in [7, 11) is 0. The highest BCUT2D eigenvalue weighted by Gasteiger charge is 2.13. The predicted octanol–water partition coefficient (Wildman–Crippen LogP) is 2.40. The van der Waals surface area contributed by atoms with Gasteiger partial charge in [-0.3, -0.25) is 0 Å². The molecule has 3 rings (SSSR count). The molecule has 0 aliphatic heterocycles. The van der Waals surface area contributed by atoms with Gasteiger partial charge in [0.1, 0.15) is 5.82 Å². The molecule has 21 heavy (non-hydrogen) atoms. The summed E-state index contributed by atoms with van der Waals surface area (Å²) in [5.74, 6) is 0.106. The summed E-state index contributed by atoms with van der Waals surface area (Å²) in [5, 5.41) is 11.6. The minimum atomic E-state index is -0.360. The molecule has 0 bridgehead atoms. The molecule has 0 saturated carbocycles. The van der Waals surface area contributed by atoms with Crippen molar-refractivity contribution in [2.45, 2.75) is 0 Å². The maximum atomic E-state index is 13.3. The average Bonchev–Trinajstić information content (AvgIpc) is 2.90. The van der Waals surface area contributed by atoms with E-state index >= 15 is 0 Å². The first kappa shape index (κ1) is 13.5. The zero-order valence-corrected chi connectivity index (χ0v) is 12.2. The van der Waals surface area contributed by atoms with Gasteiger partial charge in [-0.2, -0.15) is 4.68 Å². The summed E-state index contributed by atoms with van der Waals surface area (Å²) < 4.78 is 15.1. The van der Waals surface area contributed by atoms with Gasteiger partial charge in [-0.05, 0) is 62.8 Å². The second-order valence-corrected chi connectivity index (χ2v) is 5.26. The number of benzene rings is 2. The summed E-state index contributed by atoms with van der Waals surface area (Å²) >= 11 is 3.14. The van der Waals surface area contributed by atoms with Crippen LogP contribution >= 0.6 is 15.9 Å². The van der Waals surface area contributed by atoms with Crippen LogP contribution in [0.2, 0.25) is 0 Å². The molecule has 0 atom stereocenters. The summed E-state index contributed by atoms with van der Waals surface area (Å²) in [5.41, 5.74) is 13.9. The summed E-state index contributed by atoms with van der Waals surface area (Å²) in [6, 6.07) is 9.58. The van der Waals surface area contributed by atoms with Crippen molar-refractivity contribution < 1.29 is 4.39 Å². The molecule has 0 unspecified atom stereocenters. The fourth-order valence-corrected chi connectivity index (χ4v) is 2.33. The summed E-state index contributed by atoms with van der Waals surface area (Å²) in [4.78, 5) is 0. The highest BCUT2D eigenvalue weighted by atomic mass is 79.9. The van der Waals surface area contributed by atoms with Gasteiger partial charge in [0.15, 0.2) is 5.82 Å². The third kappa shape index (κ3) is 2.57. The lowest BCUT2D eigenvalue weighted by molar-refractivity contribution is 0.620. The van der Waals surface area contributed by atoms with Crippen LogP contribution in [0.4, 0.5) is 15.8 Å². The first-order chi connectivity index (χ1) is 10.0. The molecule has 0 radical (unpaired) electrons. The number of nitrogens with zero attached hydrogens (tertiary/aromatic N) is 4. The number of halogens is 2. The molecule has 0 fully saturated rings. The first-order valence-corrected chi connectivity index (χ1v) is 6.74. The Balaban J connectivity index is 2.14. The smallest absolute Gasteiger partial charge is 0.187 e. The number of nitrogens with two attached hydrogens (primary N) is 2. The molecule has 0 aliphatic carbocycles. The van der Waals surface area contributed by atoms with Gasteiger partial charge in [-0.1, -0.05) is 0 Å². The molecular weight excluding hydrogens is 339 g/mol. The lowest BCUT2D eigenvalue weighted by Gasteiger charge is -2.07. The lowest BCUT2D eigenvalue weighted by Crippen LogP contribution is -2.01. The van der Waals surface area contributed by atoms with Crippen LogP contribution in [0.1, 0.15) is 0 Å². The van der Waals surface area contributed by atoms with Crippen LogP contribution in [0.15, 0.2) is 40.9 Å². The van der Waals surface area contributed by atoms with Gasteiger partial charge >= 0.3 is 0 Å². The zero-order valence-electron chi connectivity index (χ0n) is 10.7. The Morgan fingerprint density at radius 3 is 2.43 bits per heavy atom. The molecule has 1 heterocycles. The third-order valence-electron chi connectivity index (χ3n) is 2.85. The van der Waals surface area contributed by atoms with Crippen LogP contribution in [0, 0.1) is 5.82 Å². The van der Waals surface area contributed by atoms with E-state index in [1.54, 1.807) is 30.3 Å². The number of tetrazole rings is 1. The molecular formula is C13H10BrFN6. The number of hydrogen-bond donors (Lipinski definition) is 2. The minimum Gasteiger partial charge on any atom is -0.399 e. The molecule has 0 amide bonds. The van der Waals surface area contributed by atoms with E-state index in [-0.39, 0.29) is 5.82 Å². The van der Waals surface area contributed by atoms with E-state index in [9.17, 15) is 4.39 Å². The van der Waals surface area contributed by atoms with E-state index in [1.807, 2.05) is 0 Å². The Labute approximate surface area is 127 Å². The molecule has 106 valence electrons. The molecule has 6 nitrogen and oxygen atoms in total. The topological polar surface area (TPSA) is 95.6 Å². The average molecular weight is 349 g/mol. The molecule has 4 N–H and O–H groups in total. The fraction of sp³-hybridized carbons (Fsp3) is 0. The Morgan fingerprint density at radius 1 is 1.05 bits per heavy atom. The zero-order chi connectivity index (χ0) is 15.0. The Bertz CT molecular complexity index is 796. The number of aromatic nitrogens is 4. The molecule has 8 heteroatoms. The summed E-state index contributed by atoms with van der Waals surface area (Å²) in [6.45, 7) is 0. The molecule has 1 aromatic heterocycles. The van der Waals surface area contributed by atoms with Crippen molar-refractivity contribution in [1.29, 1.82) is 0 Å². The van der Waals surface area contributed by atoms with Crippen LogP contribution in [0.3, 0.4) is 0 Å². The largest absolute Gasteiger partial charge is 0.399 e. The van der Waals surface area contributed by atoms with E-state index in [1.165, 1.54) is 10.7 Å². The monoisotopic (exact) mass is 348 g/mol. The standard InChI is InChI=1S/C13H10BrFN6/c14-11-6-10(1-2-12(11)15)21-13(18-19-20-21)7-3-8(16)5-9(17)4-7/h1-6H,16-17H2. The van der Waals surface area contributed by atoms with Crippen molar-refractivity contribution >= 4 is 27.3 Å². The Hall–Kier alpha value is -2.48. The third-order valence-corrected chi connectivity index (χ3v) is 3.46. The van der Waals surface area contributed by atoms with Gasteiger partial charge in [-0.15, -0.1) is 5.10 Å². The van der Waals surface area contributed by atoms with Crippen molar-refractivity contribution in [1.82, 2.24) is 20.2 Å². The van der Waals surface area contributed by atoms with Crippen LogP contribution in [0.5, 0.6) is 0 Å². The number of nitrogen functional groups attached to an aromatic ring is 2. The van der Waals surface area contributed by atoms with Crippen LogP contribution in [0.25, 0.3) is 17.1 Å². The van der Waals surface area contributed by atoms with E-state index in [0.717, 1.165) is 0 Å². The van der Waals surface area contributed by atoms with Crippen LogP contribution in [-0.4, -0.2) is 20.2 Å². The Morgan fingerprint density at radius 2 is 1.76 bits per heavy atom. The van der Waals surface area contributed by atoms with E-state index < -0.39 is 0 Å². The minimum absolute atomic E-state index is 0.327. The highest BCUT2D eigenvalue weighted by molar-refractivity contribution is 9.10. The first-order valence-electron chi connectivity index (χ1n) is 5.95. The van der Waals surface area contributed by atoms with Gasteiger partial charge in [0.05, 0.1) is 10.2 Å². The van der Waals surface area contributed by atoms with Crippen molar-refractivity contribution in [2.24, 2.45) is 0 Å². The van der Waals surface area contributed by atoms with Crippen LogP contribution < -0.4 is 11.5 Å². The van der Waals surface area contributed by atoms with Crippen LogP contribution in [-0.2, 0) is 0 Å². The number of anilines is 2. The van der Waals surface area contributed by atoms with Crippen molar-refractivity contribution in [3.63, 3.8) is 0 Å².